The third-order valence-electron chi connectivity index (χ3n) is 2.58. The van der Waals surface area contributed by atoms with Crippen LogP contribution in [0.25, 0.3) is 0 Å². The summed E-state index contributed by atoms with van der Waals surface area (Å²) >= 11 is 0. The van der Waals surface area contributed by atoms with Gasteiger partial charge in [0.05, 0.1) is 17.0 Å². The molecule has 0 atom stereocenters. The molecule has 2 rings (SSSR count). The summed E-state index contributed by atoms with van der Waals surface area (Å²) in [6, 6.07) is 4.58. The van der Waals surface area contributed by atoms with Crippen molar-refractivity contribution < 1.29 is 14.1 Å². The maximum atomic E-state index is 11.9. The predicted molar refractivity (Wildman–Crippen MR) is 69.9 cm³/mol. The molecule has 2 aromatic rings. The lowest BCUT2D eigenvalue weighted by Crippen LogP contribution is -2.24. The first-order chi connectivity index (χ1) is 9.47. The van der Waals surface area contributed by atoms with Gasteiger partial charge in [0.15, 0.2) is 0 Å². The second kappa shape index (κ2) is 5.39. The van der Waals surface area contributed by atoms with Gasteiger partial charge in [-0.05, 0) is 19.1 Å². The highest BCUT2D eigenvalue weighted by Crippen LogP contribution is 2.16. The molecule has 2 heterocycles. The van der Waals surface area contributed by atoms with Crippen LogP contribution in [0, 0.1) is 17.0 Å². The molecular formula is C12H12N4O4. The Balaban J connectivity index is 2.12. The molecule has 20 heavy (non-hydrogen) atoms. The molecule has 0 saturated heterocycles. The molecule has 2 aromatic heterocycles. The van der Waals surface area contributed by atoms with E-state index in [0.717, 1.165) is 18.0 Å². The molecule has 8 heteroatoms. The molecule has 0 aromatic carbocycles. The van der Waals surface area contributed by atoms with E-state index < -0.39 is 10.8 Å². The number of aromatic nitrogens is 1. The van der Waals surface area contributed by atoms with E-state index >= 15 is 0 Å². The van der Waals surface area contributed by atoms with Gasteiger partial charge in [-0.15, -0.1) is 0 Å². The molecule has 0 spiro atoms. The van der Waals surface area contributed by atoms with Gasteiger partial charge < -0.3 is 15.5 Å². The highest BCUT2D eigenvalue weighted by Gasteiger charge is 2.16. The topological polar surface area (TPSA) is 124 Å². The Labute approximate surface area is 113 Å². The SMILES string of the molecule is Cc1ccc(CNC(=O)c2cc([N+](=O)[O-])cnc2N)o1. The van der Waals surface area contributed by atoms with Crippen LogP contribution < -0.4 is 11.1 Å². The van der Waals surface area contributed by atoms with Crippen LogP contribution in [0.2, 0.25) is 0 Å². The number of furan rings is 1. The molecule has 0 aliphatic carbocycles. The maximum absolute atomic E-state index is 11.9. The van der Waals surface area contributed by atoms with E-state index in [1.165, 1.54) is 0 Å². The van der Waals surface area contributed by atoms with Crippen LogP contribution in [0.15, 0.2) is 28.8 Å². The van der Waals surface area contributed by atoms with Crippen molar-refractivity contribution in [2.24, 2.45) is 0 Å². The second-order valence-corrected chi connectivity index (χ2v) is 4.08. The smallest absolute Gasteiger partial charge is 0.288 e. The zero-order chi connectivity index (χ0) is 14.7. The van der Waals surface area contributed by atoms with Crippen LogP contribution in [-0.2, 0) is 6.54 Å². The molecule has 0 unspecified atom stereocenters. The Morgan fingerprint density at radius 1 is 1.55 bits per heavy atom. The lowest BCUT2D eigenvalue weighted by molar-refractivity contribution is -0.385. The van der Waals surface area contributed by atoms with Gasteiger partial charge in [-0.3, -0.25) is 14.9 Å². The number of nitrogens with two attached hydrogens (primary N) is 1. The fourth-order valence-corrected chi connectivity index (χ4v) is 1.59. The van der Waals surface area contributed by atoms with Crippen LogP contribution >= 0.6 is 0 Å². The quantitative estimate of drug-likeness (QED) is 0.642. The predicted octanol–water partition coefficient (Wildman–Crippen LogP) is 1.40. The molecule has 0 aliphatic rings. The molecule has 8 nitrogen and oxygen atoms in total. The number of rotatable bonds is 4. The highest BCUT2D eigenvalue weighted by molar-refractivity contribution is 5.98. The Morgan fingerprint density at radius 2 is 2.30 bits per heavy atom. The van der Waals surface area contributed by atoms with Gasteiger partial charge >= 0.3 is 0 Å². The monoisotopic (exact) mass is 276 g/mol. The van der Waals surface area contributed by atoms with Crippen molar-refractivity contribution >= 4 is 17.4 Å². The van der Waals surface area contributed by atoms with Gasteiger partial charge in [-0.25, -0.2) is 4.98 Å². The third kappa shape index (κ3) is 2.91. The van der Waals surface area contributed by atoms with Crippen LogP contribution in [0.4, 0.5) is 11.5 Å². The fourth-order valence-electron chi connectivity index (χ4n) is 1.59. The van der Waals surface area contributed by atoms with E-state index in [1.807, 2.05) is 0 Å². The Bertz CT molecular complexity index is 665. The molecule has 1 amide bonds. The first kappa shape index (κ1) is 13.5. The molecular weight excluding hydrogens is 264 g/mol. The van der Waals surface area contributed by atoms with Gasteiger partial charge in [0, 0.05) is 6.07 Å². The molecule has 104 valence electrons. The van der Waals surface area contributed by atoms with Gasteiger partial charge in [-0.2, -0.15) is 0 Å². The largest absolute Gasteiger partial charge is 0.465 e. The van der Waals surface area contributed by atoms with Gasteiger partial charge in [-0.1, -0.05) is 0 Å². The molecule has 0 radical (unpaired) electrons. The van der Waals surface area contributed by atoms with E-state index in [4.69, 9.17) is 10.2 Å². The zero-order valence-corrected chi connectivity index (χ0v) is 10.6. The zero-order valence-electron chi connectivity index (χ0n) is 10.6. The standard InChI is InChI=1S/C12H12N4O4/c1-7-2-3-9(20-7)6-15-12(17)10-4-8(16(18)19)5-14-11(10)13/h2-5H,6H2,1H3,(H2,13,14)(H,15,17). The minimum atomic E-state index is -0.640. The molecule has 0 aliphatic heterocycles. The fraction of sp³-hybridized carbons (Fsp3) is 0.167. The van der Waals surface area contributed by atoms with Crippen molar-refractivity contribution in [3.05, 3.63) is 51.6 Å². The van der Waals surface area contributed by atoms with Gasteiger partial charge in [0.1, 0.15) is 23.5 Å². The van der Waals surface area contributed by atoms with Gasteiger partial charge in [0.2, 0.25) is 0 Å². The number of carbonyl (C=O) groups excluding carboxylic acids is 1. The summed E-state index contributed by atoms with van der Waals surface area (Å²) in [7, 11) is 0. The molecule has 0 bridgehead atoms. The van der Waals surface area contributed by atoms with E-state index in [9.17, 15) is 14.9 Å². The first-order valence-electron chi connectivity index (χ1n) is 5.71. The van der Waals surface area contributed by atoms with Crippen molar-refractivity contribution in [1.29, 1.82) is 0 Å². The number of hydrogen-bond acceptors (Lipinski definition) is 6. The minimum absolute atomic E-state index is 0.0394. The number of nitro groups is 1. The van der Waals surface area contributed by atoms with Crippen LogP contribution in [0.3, 0.4) is 0 Å². The summed E-state index contributed by atoms with van der Waals surface area (Å²) in [5.41, 5.74) is 5.21. The number of nitrogens with one attached hydrogen (secondary N) is 1. The van der Waals surface area contributed by atoms with E-state index in [2.05, 4.69) is 10.3 Å². The number of nitrogens with zero attached hydrogens (tertiary/aromatic N) is 2. The minimum Gasteiger partial charge on any atom is -0.465 e. The molecule has 3 N–H and O–H groups in total. The number of nitrogen functional groups attached to an aromatic ring is 1. The number of hydrogen-bond donors (Lipinski definition) is 2. The lowest BCUT2D eigenvalue weighted by atomic mass is 10.2. The molecule has 0 saturated carbocycles. The normalized spacial score (nSPS) is 10.2. The van der Waals surface area contributed by atoms with Crippen LogP contribution in [0.1, 0.15) is 21.9 Å². The Kier molecular flexibility index (Phi) is 3.65. The number of carbonyl (C=O) groups is 1. The van der Waals surface area contributed by atoms with E-state index in [1.54, 1.807) is 19.1 Å². The maximum Gasteiger partial charge on any atom is 0.288 e. The number of amides is 1. The first-order valence-corrected chi connectivity index (χ1v) is 5.71. The number of anilines is 1. The van der Waals surface area contributed by atoms with Crippen LogP contribution in [-0.4, -0.2) is 15.8 Å². The second-order valence-electron chi connectivity index (χ2n) is 4.08. The number of aryl methyl sites for hydroxylation is 1. The van der Waals surface area contributed by atoms with E-state index in [-0.39, 0.29) is 23.6 Å². The van der Waals surface area contributed by atoms with Crippen molar-refractivity contribution in [3.8, 4) is 0 Å². The van der Waals surface area contributed by atoms with E-state index in [0.29, 0.717) is 5.76 Å². The lowest BCUT2D eigenvalue weighted by Gasteiger charge is -2.05. The summed E-state index contributed by atoms with van der Waals surface area (Å²) in [4.78, 5) is 25.6. The molecule has 0 fully saturated rings. The van der Waals surface area contributed by atoms with Crippen molar-refractivity contribution in [1.82, 2.24) is 10.3 Å². The van der Waals surface area contributed by atoms with Crippen LogP contribution in [0.5, 0.6) is 0 Å². The summed E-state index contributed by atoms with van der Waals surface area (Å²) in [5, 5.41) is 13.2. The highest BCUT2D eigenvalue weighted by atomic mass is 16.6. The third-order valence-corrected chi connectivity index (χ3v) is 2.58. The Hall–Kier alpha value is -2.90. The summed E-state index contributed by atoms with van der Waals surface area (Å²) in [6.07, 6.45) is 1.00. The van der Waals surface area contributed by atoms with Crippen molar-refractivity contribution in [2.45, 2.75) is 13.5 Å². The Morgan fingerprint density at radius 3 is 2.90 bits per heavy atom. The summed E-state index contributed by atoms with van der Waals surface area (Å²) < 4.78 is 5.29. The summed E-state index contributed by atoms with van der Waals surface area (Å²) in [5.74, 6) is 0.690. The average molecular weight is 276 g/mol. The summed E-state index contributed by atoms with van der Waals surface area (Å²) in [6.45, 7) is 1.95. The van der Waals surface area contributed by atoms with Gasteiger partial charge in [0.25, 0.3) is 11.6 Å². The van der Waals surface area contributed by atoms with Crippen molar-refractivity contribution in [2.75, 3.05) is 5.73 Å². The number of pyridine rings is 1. The van der Waals surface area contributed by atoms with Crippen molar-refractivity contribution in [3.63, 3.8) is 0 Å². The average Bonchev–Trinajstić information content (AvgIpc) is 2.82.